The molecule has 0 saturated carbocycles. The van der Waals surface area contributed by atoms with Crippen molar-refractivity contribution in [3.8, 4) is 0 Å². The molecule has 0 N–H and O–H groups in total. The van der Waals surface area contributed by atoms with Crippen LogP contribution in [0.15, 0.2) is 0 Å². The first kappa shape index (κ1) is 30.9. The van der Waals surface area contributed by atoms with E-state index in [1.54, 1.807) is 0 Å². The zero-order valence-electron chi connectivity index (χ0n) is 11.0. The Morgan fingerprint density at radius 2 is 1.58 bits per heavy atom. The van der Waals surface area contributed by atoms with Crippen LogP contribution >= 0.6 is 0 Å². The predicted octanol–water partition coefficient (Wildman–Crippen LogP) is 2.05. The fourth-order valence-electron chi connectivity index (χ4n) is 0.771. The van der Waals surface area contributed by atoms with E-state index in [2.05, 4.69) is 20.0 Å². The largest absolute Gasteiger partial charge is 0 e. The maximum Gasteiger partial charge on any atom is 0 e. The SMILES string of the molecule is C[CH][CH][CH][CH][C@@H](CC)OC(C)=O.[C-]#[O+].[C-]#[O+].[C-]#[O+].[Fe]. The minimum absolute atomic E-state index is 0. The molecule has 0 rings (SSSR count). The standard InChI is InChI=1S/C10H16O2.3CO.Fe/c1-4-6-7-8-10(5-2)12-9(3)11;3*1-2;/h4,6-8,10H,5H2,1-3H3;;;;/t10-;;;;/m1..../s1. The second-order valence-corrected chi connectivity index (χ2v) is 2.47. The average Bonchev–Trinajstić information content (AvgIpc) is 2.44. The molecule has 19 heavy (non-hydrogen) atoms. The number of rotatable bonds is 6. The summed E-state index contributed by atoms with van der Waals surface area (Å²) in [6.45, 7) is 18.8. The smallest absolute Gasteiger partial charge is 0 e. The Labute approximate surface area is 126 Å². The Bertz CT molecular complexity index is 209. The van der Waals surface area contributed by atoms with Gasteiger partial charge in [0.05, 0.1) is 0 Å². The molecule has 4 radical (unpaired) electrons. The van der Waals surface area contributed by atoms with Gasteiger partial charge in [-0.2, -0.15) is 0 Å². The summed E-state index contributed by atoms with van der Waals surface area (Å²) in [7, 11) is 0. The molecule has 0 fully saturated rings. The van der Waals surface area contributed by atoms with E-state index in [-0.39, 0.29) is 29.1 Å². The van der Waals surface area contributed by atoms with Gasteiger partial charge in [-0.05, 0) is 25.7 Å². The predicted molar refractivity (Wildman–Crippen MR) is 60.5 cm³/mol. The maximum absolute atomic E-state index is 10.6. The first-order chi connectivity index (χ1) is 8.70. The molecule has 0 amide bonds. The van der Waals surface area contributed by atoms with Crippen LogP contribution in [0, 0.1) is 45.6 Å². The van der Waals surface area contributed by atoms with Crippen LogP contribution in [0.3, 0.4) is 0 Å². The Morgan fingerprint density at radius 1 is 1.16 bits per heavy atom. The Kier molecular flexibility index (Phi) is 58.5. The molecule has 0 saturated heterocycles. The third-order valence-corrected chi connectivity index (χ3v) is 1.35. The van der Waals surface area contributed by atoms with E-state index in [0.29, 0.717) is 0 Å². The quantitative estimate of drug-likeness (QED) is 0.247. The Hall–Kier alpha value is -0.791. The summed E-state index contributed by atoms with van der Waals surface area (Å²) in [5.41, 5.74) is 0. The van der Waals surface area contributed by atoms with Crippen LogP contribution in [-0.2, 0) is 40.6 Å². The van der Waals surface area contributed by atoms with Gasteiger partial charge in [-0.25, -0.2) is 0 Å². The number of unbranched alkanes of at least 4 members (excludes halogenated alkanes) is 2. The van der Waals surface area contributed by atoms with E-state index in [0.717, 1.165) is 6.42 Å². The minimum atomic E-state index is -0.230. The summed E-state index contributed by atoms with van der Waals surface area (Å²) in [5.74, 6) is -0.230. The molecule has 0 aliphatic rings. The monoisotopic (exact) mass is 308 g/mol. The molecule has 106 valence electrons. The minimum Gasteiger partial charge on any atom is 0 e. The van der Waals surface area contributed by atoms with Gasteiger partial charge in [-0.3, -0.25) is 4.79 Å². The fourth-order valence-corrected chi connectivity index (χ4v) is 0.771. The second kappa shape index (κ2) is 36.0. The first-order valence-electron chi connectivity index (χ1n) is 4.78. The van der Waals surface area contributed by atoms with Gasteiger partial charge in [0.2, 0.25) is 0 Å². The molecule has 6 heteroatoms. The van der Waals surface area contributed by atoms with Gasteiger partial charge in [0.1, 0.15) is 6.10 Å². The summed E-state index contributed by atoms with van der Waals surface area (Å²) in [6.07, 6.45) is 8.33. The second-order valence-electron chi connectivity index (χ2n) is 2.47. The van der Waals surface area contributed by atoms with Crippen molar-refractivity contribution < 1.29 is 40.6 Å². The molecule has 0 bridgehead atoms. The first-order valence-corrected chi connectivity index (χ1v) is 4.78. The van der Waals surface area contributed by atoms with Crippen LogP contribution in [0.2, 0.25) is 0 Å². The van der Waals surface area contributed by atoms with Gasteiger partial charge in [-0.15, -0.1) is 0 Å². The maximum atomic E-state index is 10.6. The van der Waals surface area contributed by atoms with Crippen molar-refractivity contribution in [1.82, 2.24) is 0 Å². The zero-order valence-corrected chi connectivity index (χ0v) is 12.1. The van der Waals surface area contributed by atoms with Crippen LogP contribution in [0.1, 0.15) is 27.2 Å². The Balaban J connectivity index is -0.0000000816. The van der Waals surface area contributed by atoms with Gasteiger partial charge in [0, 0.05) is 30.4 Å². The molecule has 0 aromatic heterocycles. The molecule has 0 aliphatic heterocycles. The van der Waals surface area contributed by atoms with Crippen molar-refractivity contribution >= 4 is 5.97 Å². The molecule has 0 aliphatic carbocycles. The van der Waals surface area contributed by atoms with E-state index < -0.39 is 0 Å². The van der Waals surface area contributed by atoms with Crippen LogP contribution in [0.25, 0.3) is 0 Å². The van der Waals surface area contributed by atoms with Crippen molar-refractivity contribution in [2.75, 3.05) is 0 Å². The molecule has 1 atom stereocenters. The Morgan fingerprint density at radius 3 is 1.84 bits per heavy atom. The summed E-state index contributed by atoms with van der Waals surface area (Å²) >= 11 is 0. The number of hydrogen-bond donors (Lipinski definition) is 0. The molecular formula is C13H16FeO5. The molecule has 0 aromatic carbocycles. The van der Waals surface area contributed by atoms with Crippen LogP contribution in [-0.4, -0.2) is 12.1 Å². The molecule has 5 nitrogen and oxygen atoms in total. The van der Waals surface area contributed by atoms with Crippen molar-refractivity contribution in [1.29, 1.82) is 0 Å². The number of ether oxygens (including phenoxy) is 1. The molecule has 0 spiro atoms. The van der Waals surface area contributed by atoms with Gasteiger partial charge in [0.15, 0.2) is 0 Å². The van der Waals surface area contributed by atoms with E-state index in [1.807, 2.05) is 39.5 Å². The van der Waals surface area contributed by atoms with Crippen molar-refractivity contribution in [2.45, 2.75) is 33.3 Å². The van der Waals surface area contributed by atoms with Crippen LogP contribution in [0.5, 0.6) is 0 Å². The van der Waals surface area contributed by atoms with Crippen molar-refractivity contribution in [2.24, 2.45) is 0 Å². The van der Waals surface area contributed by atoms with Crippen molar-refractivity contribution in [3.05, 3.63) is 45.6 Å². The summed E-state index contributed by atoms with van der Waals surface area (Å²) < 4.78 is 27.5. The topological polar surface area (TPSA) is 86.0 Å². The van der Waals surface area contributed by atoms with E-state index in [9.17, 15) is 4.79 Å². The van der Waals surface area contributed by atoms with Crippen molar-refractivity contribution in [3.63, 3.8) is 0 Å². The van der Waals surface area contributed by atoms with E-state index >= 15 is 0 Å². The zero-order chi connectivity index (χ0) is 15.4. The molecule has 0 unspecified atom stereocenters. The molecule has 0 heterocycles. The van der Waals surface area contributed by atoms with Gasteiger partial charge in [-0.1, -0.05) is 13.8 Å². The number of esters is 1. The fraction of sp³-hybridized carbons (Fsp3) is 0.385. The average molecular weight is 308 g/mol. The number of carbonyl (C=O) groups excluding carboxylic acids is 1. The third-order valence-electron chi connectivity index (χ3n) is 1.35. The third kappa shape index (κ3) is 38.2. The van der Waals surface area contributed by atoms with Crippen LogP contribution in [0.4, 0.5) is 0 Å². The molecule has 0 aromatic rings. The normalized spacial score (nSPS) is 8.26. The number of hydrogen-bond acceptors (Lipinski definition) is 2. The van der Waals surface area contributed by atoms with E-state index in [4.69, 9.17) is 18.7 Å². The van der Waals surface area contributed by atoms with Gasteiger partial charge < -0.3 is 4.74 Å². The van der Waals surface area contributed by atoms with Gasteiger partial charge >= 0.3 is 39.9 Å². The summed E-state index contributed by atoms with van der Waals surface area (Å²) in [5, 5.41) is 0. The van der Waals surface area contributed by atoms with E-state index in [1.165, 1.54) is 6.92 Å². The van der Waals surface area contributed by atoms with Gasteiger partial charge in [0.25, 0.3) is 0 Å². The van der Waals surface area contributed by atoms with Crippen LogP contribution < -0.4 is 0 Å². The summed E-state index contributed by atoms with van der Waals surface area (Å²) in [6, 6.07) is 0. The summed E-state index contributed by atoms with van der Waals surface area (Å²) in [4.78, 5) is 10.6. The number of carbonyl (C=O) groups is 1. The molecular weight excluding hydrogens is 292 g/mol.